The summed E-state index contributed by atoms with van der Waals surface area (Å²) in [5.41, 5.74) is 18.0. The zero-order valence-electron chi connectivity index (χ0n) is 30.0. The minimum absolute atomic E-state index is 0.185. The fourth-order valence-corrected chi connectivity index (χ4v) is 9.27. The largest absolute Gasteiger partial charge is 0.381 e. The monoisotopic (exact) mass is 674 g/mol. The maximum absolute atomic E-state index is 3.59. The van der Waals surface area contributed by atoms with Crippen molar-refractivity contribution in [2.75, 3.05) is 25.0 Å². The van der Waals surface area contributed by atoms with Crippen LogP contribution in [0.4, 0.5) is 11.4 Å². The summed E-state index contributed by atoms with van der Waals surface area (Å²) in [5.74, 6) is 0. The van der Waals surface area contributed by atoms with Crippen molar-refractivity contribution in [2.45, 2.75) is 31.7 Å². The number of nitrogens with one attached hydrogen (secondary N) is 1. The van der Waals surface area contributed by atoms with Crippen LogP contribution in [-0.4, -0.2) is 29.6 Å². The number of dihydropyridines is 1. The van der Waals surface area contributed by atoms with Gasteiger partial charge in [-0.2, -0.15) is 0 Å². The van der Waals surface area contributed by atoms with Gasteiger partial charge in [-0.3, -0.25) is 0 Å². The predicted octanol–water partition coefficient (Wildman–Crippen LogP) is 10.9. The number of nitrogens with zero attached hydrogens (tertiary/aromatic N) is 3. The number of aromatic nitrogens is 1. The second-order valence-electron chi connectivity index (χ2n) is 15.0. The molecule has 1 aliphatic carbocycles. The first-order chi connectivity index (χ1) is 25.5. The van der Waals surface area contributed by atoms with Gasteiger partial charge in [-0.05, 0) is 82.4 Å². The highest BCUT2D eigenvalue weighted by Gasteiger charge is 2.39. The number of hydrogen-bond acceptors (Lipinski definition) is 3. The molecule has 1 aromatic heterocycles. The van der Waals surface area contributed by atoms with Crippen molar-refractivity contribution >= 4 is 28.0 Å². The van der Waals surface area contributed by atoms with Gasteiger partial charge >= 0.3 is 0 Å². The fraction of sp³-hybridized carbons (Fsp3) is 0.167. The van der Waals surface area contributed by atoms with E-state index in [9.17, 15) is 0 Å². The molecule has 0 bridgehead atoms. The van der Waals surface area contributed by atoms with Gasteiger partial charge in [0, 0.05) is 65.2 Å². The van der Waals surface area contributed by atoms with Gasteiger partial charge in [-0.25, -0.2) is 0 Å². The molecule has 4 aliphatic rings. The third kappa shape index (κ3) is 4.53. The van der Waals surface area contributed by atoms with Crippen molar-refractivity contribution in [2.24, 2.45) is 0 Å². The van der Waals surface area contributed by atoms with Crippen LogP contribution in [0, 0.1) is 0 Å². The molecule has 0 amide bonds. The van der Waals surface area contributed by atoms with Crippen molar-refractivity contribution < 1.29 is 0 Å². The molecule has 4 nitrogen and oxygen atoms in total. The molecule has 6 aromatic rings. The van der Waals surface area contributed by atoms with Crippen LogP contribution in [0.25, 0.3) is 44.5 Å². The Morgan fingerprint density at radius 2 is 1.44 bits per heavy atom. The van der Waals surface area contributed by atoms with Crippen LogP contribution in [0.3, 0.4) is 0 Å². The summed E-state index contributed by atoms with van der Waals surface area (Å²) in [6, 6.07) is 39.0. The van der Waals surface area contributed by atoms with Crippen LogP contribution in [0.1, 0.15) is 47.7 Å². The van der Waals surface area contributed by atoms with Crippen LogP contribution >= 0.6 is 0 Å². The molecular formula is C48H42N4. The lowest BCUT2D eigenvalue weighted by Crippen LogP contribution is -2.24. The quantitative estimate of drug-likeness (QED) is 0.201. The van der Waals surface area contributed by atoms with Crippen LogP contribution in [0.5, 0.6) is 0 Å². The van der Waals surface area contributed by atoms with Crippen molar-refractivity contribution in [3.05, 3.63) is 180 Å². The molecule has 5 aromatic carbocycles. The third-order valence-corrected chi connectivity index (χ3v) is 11.8. The van der Waals surface area contributed by atoms with Gasteiger partial charge in [0.15, 0.2) is 0 Å². The van der Waals surface area contributed by atoms with E-state index in [4.69, 9.17) is 0 Å². The molecule has 52 heavy (non-hydrogen) atoms. The summed E-state index contributed by atoms with van der Waals surface area (Å²) < 4.78 is 2.38. The Balaban J connectivity index is 1.19. The molecule has 10 rings (SSSR count). The Labute approximate surface area is 306 Å². The number of benzene rings is 5. The number of hydrogen-bond donors (Lipinski definition) is 1. The van der Waals surface area contributed by atoms with E-state index < -0.39 is 0 Å². The van der Waals surface area contributed by atoms with Crippen LogP contribution < -0.4 is 10.2 Å². The summed E-state index contributed by atoms with van der Waals surface area (Å²) in [4.78, 5) is 4.93. The summed E-state index contributed by atoms with van der Waals surface area (Å²) in [5, 5.41) is 4.87. The molecule has 0 saturated heterocycles. The Morgan fingerprint density at radius 1 is 0.712 bits per heavy atom. The van der Waals surface area contributed by atoms with E-state index in [2.05, 4.69) is 193 Å². The Hall–Kier alpha value is -6.00. The van der Waals surface area contributed by atoms with E-state index in [1.54, 1.807) is 0 Å². The van der Waals surface area contributed by atoms with Crippen molar-refractivity contribution in [1.29, 1.82) is 0 Å². The van der Waals surface area contributed by atoms with Gasteiger partial charge < -0.3 is 19.7 Å². The summed E-state index contributed by atoms with van der Waals surface area (Å²) in [7, 11) is 2.18. The van der Waals surface area contributed by atoms with Crippen LogP contribution in [-0.2, 0) is 11.8 Å². The fourth-order valence-electron chi connectivity index (χ4n) is 9.27. The molecule has 3 aliphatic heterocycles. The Bertz CT molecular complexity index is 2540. The molecule has 0 fully saturated rings. The maximum Gasteiger partial charge on any atom is 0.0741 e. The van der Waals surface area contributed by atoms with E-state index in [0.717, 1.165) is 25.2 Å². The van der Waals surface area contributed by atoms with Gasteiger partial charge in [0.05, 0.1) is 22.9 Å². The number of likely N-dealkylation sites (N-methyl/N-ethyl adjacent to an activating group) is 1. The predicted molar refractivity (Wildman–Crippen MR) is 217 cm³/mol. The molecule has 4 heteroatoms. The van der Waals surface area contributed by atoms with Gasteiger partial charge in [0.2, 0.25) is 0 Å². The Morgan fingerprint density at radius 3 is 2.25 bits per heavy atom. The van der Waals surface area contributed by atoms with E-state index in [-0.39, 0.29) is 11.5 Å². The van der Waals surface area contributed by atoms with Gasteiger partial charge in [-0.15, -0.1) is 0 Å². The maximum atomic E-state index is 3.59. The van der Waals surface area contributed by atoms with Crippen molar-refractivity contribution in [1.82, 2.24) is 14.8 Å². The lowest BCUT2D eigenvalue weighted by molar-refractivity contribution is 0.390. The molecule has 0 spiro atoms. The summed E-state index contributed by atoms with van der Waals surface area (Å²) in [6.07, 6.45) is 18.5. The molecular weight excluding hydrogens is 633 g/mol. The summed E-state index contributed by atoms with van der Waals surface area (Å²) in [6.45, 7) is 6.65. The van der Waals surface area contributed by atoms with E-state index in [1.165, 1.54) is 78.0 Å². The second-order valence-corrected chi connectivity index (χ2v) is 15.0. The Kier molecular flexibility index (Phi) is 6.98. The first kappa shape index (κ1) is 30.8. The molecule has 0 saturated carbocycles. The number of rotatable bonds is 4. The average Bonchev–Trinajstić information content (AvgIpc) is 3.81. The standard InChI is InChI=1S/C48H42N4/c1-48(2)38-24-25-44-37(27-31-51(44)42-20-8-6-16-35(42)40-18-10-12-28-49-40)45(38)33-14-4-5-15-34(33)46-39(48)23-22-32-26-30-52(47(32)46)43-21-9-7-17-36(43)41-19-11-13-29-50(41)3/h4-25,27,29,31,41,49H,26,28,30H2,1-3H3. The smallest absolute Gasteiger partial charge is 0.0741 e. The molecule has 4 heterocycles. The highest BCUT2D eigenvalue weighted by atomic mass is 15.2. The normalized spacial score (nSPS) is 18.0. The van der Waals surface area contributed by atoms with Gasteiger partial charge in [-0.1, -0.05) is 117 Å². The zero-order chi connectivity index (χ0) is 35.0. The van der Waals surface area contributed by atoms with E-state index >= 15 is 0 Å². The lowest BCUT2D eigenvalue weighted by Gasteiger charge is -2.34. The number of anilines is 2. The highest BCUT2D eigenvalue weighted by molar-refractivity contribution is 6.06. The molecule has 1 N–H and O–H groups in total. The second kappa shape index (κ2) is 11.8. The SMILES string of the molecule is CN1C=CC=CC1c1ccccc1N1CCc2ccc3c(c21)-c1ccccc1-c1c(ccc2c1ccn2-c1ccccc1C1=CC=CCN1)C3(C)C. The molecule has 1 unspecified atom stereocenters. The van der Waals surface area contributed by atoms with Crippen LogP contribution in [0.15, 0.2) is 152 Å². The van der Waals surface area contributed by atoms with E-state index in [0.29, 0.717) is 0 Å². The topological polar surface area (TPSA) is 23.4 Å². The highest BCUT2D eigenvalue weighted by Crippen LogP contribution is 2.56. The van der Waals surface area contributed by atoms with Crippen molar-refractivity contribution in [3.8, 4) is 27.9 Å². The lowest BCUT2D eigenvalue weighted by atomic mass is 9.74. The summed E-state index contributed by atoms with van der Waals surface area (Å²) >= 11 is 0. The first-order valence-corrected chi connectivity index (χ1v) is 18.6. The number of allylic oxidation sites excluding steroid dienone is 4. The number of fused-ring (bicyclic) bond motifs is 9. The molecule has 0 radical (unpaired) electrons. The first-order valence-electron chi connectivity index (χ1n) is 18.6. The van der Waals surface area contributed by atoms with Crippen molar-refractivity contribution in [3.63, 3.8) is 0 Å². The molecule has 254 valence electrons. The third-order valence-electron chi connectivity index (χ3n) is 11.8. The zero-order valence-corrected chi connectivity index (χ0v) is 30.0. The van der Waals surface area contributed by atoms with E-state index in [1.807, 2.05) is 0 Å². The van der Waals surface area contributed by atoms with Gasteiger partial charge in [0.1, 0.15) is 0 Å². The minimum Gasteiger partial charge on any atom is -0.381 e. The van der Waals surface area contributed by atoms with Gasteiger partial charge in [0.25, 0.3) is 0 Å². The number of para-hydroxylation sites is 2. The minimum atomic E-state index is -0.249. The van der Waals surface area contributed by atoms with Crippen LogP contribution in [0.2, 0.25) is 0 Å². The average molecular weight is 675 g/mol. The molecule has 1 atom stereocenters.